The monoisotopic (exact) mass is 314 g/mol. The van der Waals surface area contributed by atoms with Crippen molar-refractivity contribution >= 4 is 16.8 Å². The number of para-hydroxylation sites is 1. The number of carbonyl (C=O) groups excluding carboxylic acids is 1. The highest BCUT2D eigenvalue weighted by Gasteiger charge is 2.38. The van der Waals surface area contributed by atoms with Crippen molar-refractivity contribution in [1.29, 1.82) is 0 Å². The van der Waals surface area contributed by atoms with Crippen molar-refractivity contribution in [1.82, 2.24) is 10.3 Å². The predicted molar refractivity (Wildman–Crippen MR) is 92.3 cm³/mol. The molecule has 4 nitrogen and oxygen atoms in total. The van der Waals surface area contributed by atoms with Gasteiger partial charge in [0.15, 0.2) is 0 Å². The minimum Gasteiger partial charge on any atom is -0.396 e. The zero-order valence-corrected chi connectivity index (χ0v) is 14.0. The Kier molecular flexibility index (Phi) is 4.44. The second kappa shape index (κ2) is 6.36. The van der Waals surface area contributed by atoms with Crippen LogP contribution < -0.4 is 5.32 Å². The summed E-state index contributed by atoms with van der Waals surface area (Å²) in [5.74, 6) is 0.0820. The van der Waals surface area contributed by atoms with Crippen LogP contribution in [0, 0.1) is 12.3 Å². The molecule has 2 unspecified atom stereocenters. The summed E-state index contributed by atoms with van der Waals surface area (Å²) in [4.78, 5) is 15.6. The topological polar surface area (TPSA) is 65.1 Å². The number of aromatic amines is 1. The van der Waals surface area contributed by atoms with E-state index in [0.717, 1.165) is 31.2 Å². The molecule has 1 aliphatic rings. The Hall–Kier alpha value is -1.81. The molecule has 1 aliphatic carbocycles. The first-order valence-electron chi connectivity index (χ1n) is 8.49. The minimum atomic E-state index is -0.159. The van der Waals surface area contributed by atoms with E-state index in [4.69, 9.17) is 0 Å². The third-order valence-corrected chi connectivity index (χ3v) is 5.41. The van der Waals surface area contributed by atoms with Gasteiger partial charge in [0.25, 0.3) is 0 Å². The van der Waals surface area contributed by atoms with Crippen molar-refractivity contribution in [2.75, 3.05) is 6.61 Å². The van der Waals surface area contributed by atoms with E-state index in [9.17, 15) is 9.90 Å². The highest BCUT2D eigenvalue weighted by Crippen LogP contribution is 2.37. The highest BCUT2D eigenvalue weighted by atomic mass is 16.3. The molecule has 1 heterocycles. The maximum absolute atomic E-state index is 12.3. The first-order valence-corrected chi connectivity index (χ1v) is 8.49. The van der Waals surface area contributed by atoms with Crippen LogP contribution in [0.4, 0.5) is 0 Å². The van der Waals surface area contributed by atoms with Crippen LogP contribution in [-0.4, -0.2) is 28.6 Å². The molecule has 0 spiro atoms. The van der Waals surface area contributed by atoms with Gasteiger partial charge in [0.05, 0.1) is 6.61 Å². The third-order valence-electron chi connectivity index (χ3n) is 5.41. The van der Waals surface area contributed by atoms with Gasteiger partial charge in [0.2, 0.25) is 5.91 Å². The van der Waals surface area contributed by atoms with Crippen molar-refractivity contribution in [3.63, 3.8) is 0 Å². The first-order chi connectivity index (χ1) is 11.0. The van der Waals surface area contributed by atoms with Gasteiger partial charge in [-0.25, -0.2) is 0 Å². The summed E-state index contributed by atoms with van der Waals surface area (Å²) < 4.78 is 0. The molecule has 23 heavy (non-hydrogen) atoms. The van der Waals surface area contributed by atoms with E-state index in [1.165, 1.54) is 16.5 Å². The van der Waals surface area contributed by atoms with E-state index in [1.807, 2.05) is 6.20 Å². The van der Waals surface area contributed by atoms with Gasteiger partial charge in [0, 0.05) is 35.0 Å². The lowest BCUT2D eigenvalue weighted by Gasteiger charge is -2.30. The second-order valence-electron chi connectivity index (χ2n) is 7.14. The molecule has 1 fully saturated rings. The van der Waals surface area contributed by atoms with Crippen LogP contribution in [0.1, 0.15) is 43.7 Å². The summed E-state index contributed by atoms with van der Waals surface area (Å²) in [6, 6.07) is 6.35. The largest absolute Gasteiger partial charge is 0.396 e. The fraction of sp³-hybridized carbons (Fsp3) is 0.526. The van der Waals surface area contributed by atoms with Gasteiger partial charge in [-0.2, -0.15) is 0 Å². The Labute approximate surface area is 137 Å². The van der Waals surface area contributed by atoms with Gasteiger partial charge in [-0.1, -0.05) is 31.5 Å². The molecule has 1 saturated carbocycles. The molecular weight excluding hydrogens is 288 g/mol. The lowest BCUT2D eigenvalue weighted by Crippen LogP contribution is -2.44. The Morgan fingerprint density at radius 1 is 1.48 bits per heavy atom. The highest BCUT2D eigenvalue weighted by molar-refractivity contribution is 5.86. The molecule has 1 aromatic carbocycles. The van der Waals surface area contributed by atoms with Crippen molar-refractivity contribution in [2.45, 2.75) is 52.0 Å². The van der Waals surface area contributed by atoms with Crippen LogP contribution in [0.3, 0.4) is 0 Å². The number of amides is 1. The SMILES string of the molecule is Cc1cccc2c(CCC(=O)NC3CCCC3(C)CO)c[nH]c12. The van der Waals surface area contributed by atoms with E-state index in [1.54, 1.807) is 0 Å². The van der Waals surface area contributed by atoms with Crippen LogP contribution in [0.2, 0.25) is 0 Å². The van der Waals surface area contributed by atoms with Crippen LogP contribution >= 0.6 is 0 Å². The third kappa shape index (κ3) is 3.13. The number of carbonyl (C=O) groups is 1. The molecule has 124 valence electrons. The fourth-order valence-electron chi connectivity index (χ4n) is 3.75. The molecule has 3 N–H and O–H groups in total. The fourth-order valence-corrected chi connectivity index (χ4v) is 3.75. The number of nitrogens with one attached hydrogen (secondary N) is 2. The van der Waals surface area contributed by atoms with E-state index in [-0.39, 0.29) is 24.0 Å². The van der Waals surface area contributed by atoms with E-state index >= 15 is 0 Å². The quantitative estimate of drug-likeness (QED) is 0.794. The normalized spacial score (nSPS) is 24.2. The second-order valence-corrected chi connectivity index (χ2v) is 7.14. The summed E-state index contributed by atoms with van der Waals surface area (Å²) in [5.41, 5.74) is 3.41. The van der Waals surface area contributed by atoms with E-state index < -0.39 is 0 Å². The predicted octanol–water partition coefficient (Wildman–Crippen LogP) is 3.08. The first kappa shape index (κ1) is 16.1. The van der Waals surface area contributed by atoms with Crippen molar-refractivity contribution in [3.8, 4) is 0 Å². The van der Waals surface area contributed by atoms with Gasteiger partial charge >= 0.3 is 0 Å². The molecule has 0 saturated heterocycles. The number of H-pyrrole nitrogens is 1. The standard InChI is InChI=1S/C19H26N2O2/c1-13-5-3-6-15-14(11-20-18(13)15)8-9-17(23)21-16-7-4-10-19(16,2)12-22/h3,5-6,11,16,20,22H,4,7-10,12H2,1-2H3,(H,21,23). The summed E-state index contributed by atoms with van der Waals surface area (Å²) in [5, 5.41) is 13.9. The summed E-state index contributed by atoms with van der Waals surface area (Å²) in [6.07, 6.45) is 6.25. The number of rotatable bonds is 5. The number of hydrogen-bond donors (Lipinski definition) is 3. The maximum atomic E-state index is 12.3. The Balaban J connectivity index is 1.61. The molecule has 2 atom stereocenters. The number of aryl methyl sites for hydroxylation is 2. The zero-order valence-electron chi connectivity index (χ0n) is 14.0. The van der Waals surface area contributed by atoms with Gasteiger partial charge in [-0.3, -0.25) is 4.79 Å². The van der Waals surface area contributed by atoms with E-state index in [0.29, 0.717) is 6.42 Å². The molecule has 2 aromatic rings. The molecular formula is C19H26N2O2. The Morgan fingerprint density at radius 3 is 3.09 bits per heavy atom. The Bertz CT molecular complexity index is 706. The van der Waals surface area contributed by atoms with Crippen LogP contribution in [-0.2, 0) is 11.2 Å². The lowest BCUT2D eigenvalue weighted by molar-refractivity contribution is -0.122. The van der Waals surface area contributed by atoms with Crippen LogP contribution in [0.15, 0.2) is 24.4 Å². The number of fused-ring (bicyclic) bond motifs is 1. The van der Waals surface area contributed by atoms with Crippen LogP contribution in [0.25, 0.3) is 10.9 Å². The smallest absolute Gasteiger partial charge is 0.220 e. The van der Waals surface area contributed by atoms with Crippen molar-refractivity contribution in [2.24, 2.45) is 5.41 Å². The zero-order chi connectivity index (χ0) is 16.4. The molecule has 3 rings (SSSR count). The molecule has 0 aliphatic heterocycles. The molecule has 4 heteroatoms. The average molecular weight is 314 g/mol. The molecule has 0 radical (unpaired) electrons. The molecule has 0 bridgehead atoms. The van der Waals surface area contributed by atoms with Gasteiger partial charge in [0.1, 0.15) is 0 Å². The van der Waals surface area contributed by atoms with Gasteiger partial charge < -0.3 is 15.4 Å². The summed E-state index contributed by atoms with van der Waals surface area (Å²) in [7, 11) is 0. The van der Waals surface area contributed by atoms with Crippen molar-refractivity contribution < 1.29 is 9.90 Å². The number of benzene rings is 1. The van der Waals surface area contributed by atoms with Gasteiger partial charge in [-0.05, 0) is 37.3 Å². The molecule has 1 aromatic heterocycles. The van der Waals surface area contributed by atoms with Crippen molar-refractivity contribution in [3.05, 3.63) is 35.5 Å². The molecule has 1 amide bonds. The summed E-state index contributed by atoms with van der Waals surface area (Å²) in [6.45, 7) is 4.29. The van der Waals surface area contributed by atoms with Gasteiger partial charge in [-0.15, -0.1) is 0 Å². The number of aliphatic hydroxyl groups is 1. The number of aromatic nitrogens is 1. The Morgan fingerprint density at radius 2 is 2.30 bits per heavy atom. The average Bonchev–Trinajstić information content (AvgIpc) is 3.11. The van der Waals surface area contributed by atoms with E-state index in [2.05, 4.69) is 42.3 Å². The lowest BCUT2D eigenvalue weighted by atomic mass is 9.85. The number of hydrogen-bond acceptors (Lipinski definition) is 2. The summed E-state index contributed by atoms with van der Waals surface area (Å²) >= 11 is 0. The number of aliphatic hydroxyl groups excluding tert-OH is 1. The van der Waals surface area contributed by atoms with Crippen LogP contribution in [0.5, 0.6) is 0 Å². The maximum Gasteiger partial charge on any atom is 0.220 e. The minimum absolute atomic E-state index is 0.0820.